The molecule has 124 valence electrons. The van der Waals surface area contributed by atoms with Crippen molar-refractivity contribution in [1.82, 2.24) is 0 Å². The van der Waals surface area contributed by atoms with Gasteiger partial charge in [-0.15, -0.1) is 0 Å². The zero-order valence-corrected chi connectivity index (χ0v) is 15.3. The summed E-state index contributed by atoms with van der Waals surface area (Å²) >= 11 is 0. The number of carbonyl (C=O) groups excluding carboxylic acids is 1. The molecule has 0 N–H and O–H groups in total. The van der Waals surface area contributed by atoms with Crippen LogP contribution in [-0.2, 0) is 9.53 Å². The largest absolute Gasteiger partial charge is 0.462 e. The van der Waals surface area contributed by atoms with Gasteiger partial charge in [-0.1, -0.05) is 63.1 Å². The molecule has 0 aliphatic heterocycles. The van der Waals surface area contributed by atoms with E-state index in [2.05, 4.69) is 40.8 Å². The molecule has 4 heteroatoms. The zero-order valence-electron chi connectivity index (χ0n) is 15.3. The lowest BCUT2D eigenvalue weighted by Crippen LogP contribution is -2.37. The minimum Gasteiger partial charge on any atom is -0.462 e. The Kier molecular flexibility index (Phi) is 6.38. The van der Waals surface area contributed by atoms with Gasteiger partial charge in [-0.05, 0) is 36.4 Å². The summed E-state index contributed by atoms with van der Waals surface area (Å²) in [7, 11) is 4.11. The molecule has 0 spiro atoms. The average Bonchev–Trinajstić information content (AvgIpc) is 2.54. The van der Waals surface area contributed by atoms with Gasteiger partial charge < -0.3 is 4.74 Å². The Morgan fingerprint density at radius 2 is 1.83 bits per heavy atom. The second kappa shape index (κ2) is 8.08. The van der Waals surface area contributed by atoms with E-state index in [-0.39, 0.29) is 23.7 Å². The van der Waals surface area contributed by atoms with Crippen molar-refractivity contribution >= 4 is 21.7 Å². The Morgan fingerprint density at radius 3 is 2.43 bits per heavy atom. The topological polar surface area (TPSA) is 26.3 Å². The predicted octanol–water partition coefficient (Wildman–Crippen LogP) is 2.79. The second-order valence-electron chi connectivity index (χ2n) is 7.79. The molecule has 0 bridgehead atoms. The predicted molar refractivity (Wildman–Crippen MR) is 101 cm³/mol. The molecule has 0 aromatic heterocycles. The van der Waals surface area contributed by atoms with Crippen LogP contribution in [0.2, 0.25) is 5.82 Å². The molecule has 2 rings (SSSR count). The lowest BCUT2D eigenvalue weighted by molar-refractivity contribution is -0.155. The van der Waals surface area contributed by atoms with E-state index < -0.39 is 0 Å². The number of carbonyl (C=O) groups is 1. The summed E-state index contributed by atoms with van der Waals surface area (Å²) in [6.45, 7) is 6.77. The molecule has 0 radical (unpaired) electrons. The van der Waals surface area contributed by atoms with Crippen molar-refractivity contribution in [3.63, 3.8) is 0 Å². The maximum absolute atomic E-state index is 12.7. The maximum Gasteiger partial charge on any atom is 0.300 e. The Morgan fingerprint density at radius 1 is 1.17 bits per heavy atom. The van der Waals surface area contributed by atoms with Crippen LogP contribution in [0, 0.1) is 17.8 Å². The average molecular weight is 312 g/mol. The SMILES string of the molecule is BC(C(=O)O[C@H]1C[C@@H](C)CC[C@@H]1C(C)C)C(B)c1ccccc1. The van der Waals surface area contributed by atoms with Crippen molar-refractivity contribution in [2.45, 2.75) is 57.8 Å². The van der Waals surface area contributed by atoms with Crippen LogP contribution in [0.4, 0.5) is 0 Å². The van der Waals surface area contributed by atoms with Gasteiger partial charge in [-0.3, -0.25) is 4.79 Å². The molecule has 1 aromatic rings. The first-order valence-electron chi connectivity index (χ1n) is 9.15. The summed E-state index contributed by atoms with van der Waals surface area (Å²) in [5, 5.41) is 0. The van der Waals surface area contributed by atoms with Crippen LogP contribution in [-0.4, -0.2) is 27.8 Å². The van der Waals surface area contributed by atoms with Crippen LogP contribution in [0.1, 0.15) is 51.4 Å². The molecule has 1 aromatic carbocycles. The summed E-state index contributed by atoms with van der Waals surface area (Å²) in [4.78, 5) is 12.7. The van der Waals surface area contributed by atoms with Crippen molar-refractivity contribution in [3.05, 3.63) is 35.9 Å². The zero-order chi connectivity index (χ0) is 17.0. The lowest BCUT2D eigenvalue weighted by atomic mass is 9.63. The highest BCUT2D eigenvalue weighted by molar-refractivity contribution is 6.29. The van der Waals surface area contributed by atoms with E-state index in [0.717, 1.165) is 6.42 Å². The fourth-order valence-electron chi connectivity index (χ4n) is 3.76. The first kappa shape index (κ1) is 18.2. The third-order valence-corrected chi connectivity index (χ3v) is 5.68. The summed E-state index contributed by atoms with van der Waals surface area (Å²) in [5.74, 6) is 1.77. The van der Waals surface area contributed by atoms with E-state index >= 15 is 0 Å². The fourth-order valence-corrected chi connectivity index (χ4v) is 3.76. The highest BCUT2D eigenvalue weighted by Crippen LogP contribution is 2.36. The van der Waals surface area contributed by atoms with Crippen LogP contribution >= 0.6 is 0 Å². The number of ether oxygens (including phenoxy) is 1. The molecular weight excluding hydrogens is 282 g/mol. The molecular formula is C19H30B2O2. The molecule has 23 heavy (non-hydrogen) atoms. The first-order chi connectivity index (χ1) is 10.9. The monoisotopic (exact) mass is 312 g/mol. The van der Waals surface area contributed by atoms with Gasteiger partial charge >= 0.3 is 5.97 Å². The molecule has 0 amide bonds. The third-order valence-electron chi connectivity index (χ3n) is 5.68. The van der Waals surface area contributed by atoms with Crippen LogP contribution < -0.4 is 0 Å². The number of benzene rings is 1. The maximum atomic E-state index is 12.7. The number of esters is 1. The number of rotatable bonds is 5. The highest BCUT2D eigenvalue weighted by atomic mass is 16.5. The van der Waals surface area contributed by atoms with E-state index in [1.807, 2.05) is 26.0 Å². The van der Waals surface area contributed by atoms with Crippen LogP contribution in [0.3, 0.4) is 0 Å². The first-order valence-corrected chi connectivity index (χ1v) is 9.15. The van der Waals surface area contributed by atoms with Crippen molar-refractivity contribution in [3.8, 4) is 0 Å². The summed E-state index contributed by atoms with van der Waals surface area (Å²) < 4.78 is 6.00. The standard InChI is InChI=1S/C19H30B2O2/c1-12(2)15-10-9-13(3)11-16(15)23-19(22)18(21)17(20)14-7-5-4-6-8-14/h4-8,12-13,15-18H,9-11,20-21H2,1-3H3/t13-,15+,16-,17?,18?/m0/s1. The van der Waals surface area contributed by atoms with Crippen LogP contribution in [0.25, 0.3) is 0 Å². The molecule has 5 atom stereocenters. The van der Waals surface area contributed by atoms with E-state index in [9.17, 15) is 4.79 Å². The Hall–Kier alpha value is -1.18. The summed E-state index contributed by atoms with van der Waals surface area (Å²) in [5.41, 5.74) is 1.20. The van der Waals surface area contributed by atoms with E-state index in [1.165, 1.54) is 18.4 Å². The van der Waals surface area contributed by atoms with Crippen molar-refractivity contribution in [2.24, 2.45) is 17.8 Å². The van der Waals surface area contributed by atoms with Gasteiger partial charge in [0.1, 0.15) is 21.8 Å². The highest BCUT2D eigenvalue weighted by Gasteiger charge is 2.35. The fraction of sp³-hybridized carbons (Fsp3) is 0.632. The minimum atomic E-state index is -0.109. The summed E-state index contributed by atoms with van der Waals surface area (Å²) in [6, 6.07) is 10.3. The van der Waals surface area contributed by atoms with E-state index in [0.29, 0.717) is 17.8 Å². The van der Waals surface area contributed by atoms with E-state index in [1.54, 1.807) is 0 Å². The molecule has 2 nitrogen and oxygen atoms in total. The second-order valence-corrected chi connectivity index (χ2v) is 7.79. The normalized spacial score (nSPS) is 27.4. The van der Waals surface area contributed by atoms with Crippen LogP contribution in [0.5, 0.6) is 0 Å². The molecule has 1 aliphatic carbocycles. The molecule has 1 aliphatic rings. The molecule has 0 saturated heterocycles. The Labute approximate surface area is 143 Å². The number of hydrogen-bond donors (Lipinski definition) is 0. The van der Waals surface area contributed by atoms with Crippen LogP contribution in [0.15, 0.2) is 30.3 Å². The smallest absolute Gasteiger partial charge is 0.300 e. The summed E-state index contributed by atoms with van der Waals surface area (Å²) in [6.07, 6.45) is 3.55. The third kappa shape index (κ3) is 4.65. The van der Waals surface area contributed by atoms with E-state index in [4.69, 9.17) is 4.74 Å². The van der Waals surface area contributed by atoms with Gasteiger partial charge in [-0.2, -0.15) is 0 Å². The van der Waals surface area contributed by atoms with Crippen molar-refractivity contribution < 1.29 is 9.53 Å². The van der Waals surface area contributed by atoms with Gasteiger partial charge in [0, 0.05) is 5.82 Å². The lowest BCUT2D eigenvalue weighted by Gasteiger charge is -2.37. The van der Waals surface area contributed by atoms with Gasteiger partial charge in [0.2, 0.25) is 0 Å². The Balaban J connectivity index is 2.01. The van der Waals surface area contributed by atoms with Gasteiger partial charge in [0.25, 0.3) is 0 Å². The number of hydrogen-bond acceptors (Lipinski definition) is 2. The van der Waals surface area contributed by atoms with Gasteiger partial charge in [0.05, 0.1) is 0 Å². The minimum absolute atomic E-state index is 0.0360. The molecule has 0 heterocycles. The molecule has 1 saturated carbocycles. The molecule has 1 fully saturated rings. The van der Waals surface area contributed by atoms with Gasteiger partial charge in [-0.25, -0.2) is 0 Å². The van der Waals surface area contributed by atoms with Gasteiger partial charge in [0.15, 0.2) is 0 Å². The Bertz CT molecular complexity index is 503. The van der Waals surface area contributed by atoms with Crippen molar-refractivity contribution in [2.75, 3.05) is 0 Å². The van der Waals surface area contributed by atoms with Crippen molar-refractivity contribution in [1.29, 1.82) is 0 Å². The quantitative estimate of drug-likeness (QED) is 0.617. The molecule has 2 unspecified atom stereocenters.